The van der Waals surface area contributed by atoms with E-state index in [9.17, 15) is 0 Å². The molecule has 0 aromatic carbocycles. The molecule has 0 radical (unpaired) electrons. The van der Waals surface area contributed by atoms with E-state index >= 15 is 0 Å². The molecule has 0 amide bonds. The zero-order valence-corrected chi connectivity index (χ0v) is 10.9. The average molecular weight is 223 g/mol. The molecule has 0 fully saturated rings. The van der Waals surface area contributed by atoms with Crippen LogP contribution in [0.3, 0.4) is 0 Å². The predicted octanol–water partition coefficient (Wildman–Crippen LogP) is 2.52. The van der Waals surface area contributed by atoms with Gasteiger partial charge in [0.15, 0.2) is 0 Å². The lowest BCUT2D eigenvalue weighted by Crippen LogP contribution is -2.28. The van der Waals surface area contributed by atoms with E-state index in [1.165, 1.54) is 25.7 Å². The molecule has 0 aliphatic carbocycles. The molecule has 0 spiro atoms. The third-order valence-electron chi connectivity index (χ3n) is 3.00. The Morgan fingerprint density at radius 3 is 2.88 bits per heavy atom. The minimum atomic E-state index is 0.631. The van der Waals surface area contributed by atoms with Crippen LogP contribution in [-0.4, -0.2) is 22.1 Å². The molecule has 1 heterocycles. The molecule has 1 atom stereocenters. The summed E-state index contributed by atoms with van der Waals surface area (Å²) < 4.78 is 2.09. The number of aromatic nitrogens is 2. The van der Waals surface area contributed by atoms with Gasteiger partial charge in [0.25, 0.3) is 0 Å². The van der Waals surface area contributed by atoms with E-state index in [-0.39, 0.29) is 0 Å². The molecule has 1 aromatic rings. The first-order valence-corrected chi connectivity index (χ1v) is 6.43. The number of nitrogens with one attached hydrogen (secondary N) is 1. The first-order valence-electron chi connectivity index (χ1n) is 6.43. The Bertz CT molecular complexity index is 280. The Hall–Kier alpha value is -0.830. The molecule has 1 aromatic heterocycles. The minimum absolute atomic E-state index is 0.631. The first-order chi connectivity index (χ1) is 7.74. The highest BCUT2D eigenvalue weighted by molar-refractivity contribution is 4.91. The molecule has 0 bridgehead atoms. The van der Waals surface area contributed by atoms with Crippen molar-refractivity contribution in [1.82, 2.24) is 14.9 Å². The highest BCUT2D eigenvalue weighted by Gasteiger charge is 2.02. The second-order valence-electron chi connectivity index (χ2n) is 4.56. The lowest BCUT2D eigenvalue weighted by atomic mass is 10.1. The summed E-state index contributed by atoms with van der Waals surface area (Å²) >= 11 is 0. The minimum Gasteiger partial charge on any atom is -0.338 e. The first kappa shape index (κ1) is 13.2. The molecule has 1 rings (SSSR count). The van der Waals surface area contributed by atoms with Crippen molar-refractivity contribution in [2.75, 3.05) is 6.54 Å². The number of aryl methyl sites for hydroxylation is 1. The molecule has 16 heavy (non-hydrogen) atoms. The summed E-state index contributed by atoms with van der Waals surface area (Å²) in [6.07, 6.45) is 10.2. The quantitative estimate of drug-likeness (QED) is 0.686. The average Bonchev–Trinajstić information content (AvgIpc) is 2.65. The van der Waals surface area contributed by atoms with Gasteiger partial charge in [0.05, 0.1) is 0 Å². The molecule has 3 heteroatoms. The van der Waals surface area contributed by atoms with Crippen LogP contribution in [0.2, 0.25) is 0 Å². The molecular weight excluding hydrogens is 198 g/mol. The largest absolute Gasteiger partial charge is 0.338 e. The summed E-state index contributed by atoms with van der Waals surface area (Å²) in [7, 11) is 2.05. The Labute approximate surface area is 99.3 Å². The van der Waals surface area contributed by atoms with E-state index in [1.54, 1.807) is 0 Å². The molecule has 92 valence electrons. The highest BCUT2D eigenvalue weighted by atomic mass is 15.0. The van der Waals surface area contributed by atoms with Gasteiger partial charge in [-0.25, -0.2) is 4.98 Å². The molecule has 0 aliphatic heterocycles. The molecule has 3 nitrogen and oxygen atoms in total. The van der Waals surface area contributed by atoms with Crippen LogP contribution in [0, 0.1) is 0 Å². The summed E-state index contributed by atoms with van der Waals surface area (Å²) in [5.74, 6) is 1.16. The van der Waals surface area contributed by atoms with Gasteiger partial charge >= 0.3 is 0 Å². The van der Waals surface area contributed by atoms with Crippen molar-refractivity contribution >= 4 is 0 Å². The van der Waals surface area contributed by atoms with E-state index < -0.39 is 0 Å². The fraction of sp³-hybridized carbons (Fsp3) is 0.769. The van der Waals surface area contributed by atoms with Gasteiger partial charge in [-0.15, -0.1) is 0 Å². The standard InChI is InChI=1S/C13H25N3/c1-4-5-6-7-12(2)14-9-8-13-15-10-11-16(13)3/h10-12,14H,4-9H2,1-3H3. The van der Waals surface area contributed by atoms with Gasteiger partial charge < -0.3 is 9.88 Å². The van der Waals surface area contributed by atoms with E-state index in [2.05, 4.69) is 28.7 Å². The molecule has 0 aliphatic rings. The summed E-state index contributed by atoms with van der Waals surface area (Å²) in [4.78, 5) is 4.31. The summed E-state index contributed by atoms with van der Waals surface area (Å²) in [5, 5.41) is 3.55. The van der Waals surface area contributed by atoms with E-state index in [1.807, 2.05) is 19.4 Å². The third kappa shape index (κ3) is 4.79. The van der Waals surface area contributed by atoms with Crippen LogP contribution in [0.25, 0.3) is 0 Å². The van der Waals surface area contributed by atoms with Crippen molar-refractivity contribution in [3.8, 4) is 0 Å². The van der Waals surface area contributed by atoms with Crippen molar-refractivity contribution in [2.45, 2.75) is 52.0 Å². The van der Waals surface area contributed by atoms with Crippen molar-refractivity contribution in [2.24, 2.45) is 7.05 Å². The van der Waals surface area contributed by atoms with Gasteiger partial charge in [-0.3, -0.25) is 0 Å². The Morgan fingerprint density at radius 1 is 1.44 bits per heavy atom. The smallest absolute Gasteiger partial charge is 0.109 e. The fourth-order valence-electron chi connectivity index (χ4n) is 1.87. The summed E-state index contributed by atoms with van der Waals surface area (Å²) in [6, 6.07) is 0.631. The maximum absolute atomic E-state index is 4.31. The Kier molecular flexibility index (Phi) is 6.16. The fourth-order valence-corrected chi connectivity index (χ4v) is 1.87. The lowest BCUT2D eigenvalue weighted by Gasteiger charge is -2.13. The maximum Gasteiger partial charge on any atom is 0.109 e. The number of imidazole rings is 1. The van der Waals surface area contributed by atoms with Crippen LogP contribution >= 0.6 is 0 Å². The van der Waals surface area contributed by atoms with Crippen molar-refractivity contribution in [1.29, 1.82) is 0 Å². The maximum atomic E-state index is 4.31. The van der Waals surface area contributed by atoms with Crippen LogP contribution in [0.1, 0.15) is 45.4 Å². The van der Waals surface area contributed by atoms with Gasteiger partial charge in [-0.05, 0) is 13.3 Å². The zero-order chi connectivity index (χ0) is 11.8. The number of hydrogen-bond donors (Lipinski definition) is 1. The van der Waals surface area contributed by atoms with Crippen molar-refractivity contribution in [3.05, 3.63) is 18.2 Å². The number of rotatable bonds is 8. The number of unbranched alkanes of at least 4 members (excludes halogenated alkanes) is 2. The van der Waals surface area contributed by atoms with Gasteiger partial charge in [0, 0.05) is 38.4 Å². The molecule has 0 saturated heterocycles. The van der Waals surface area contributed by atoms with Crippen LogP contribution in [0.15, 0.2) is 12.4 Å². The number of nitrogens with zero attached hydrogens (tertiary/aromatic N) is 2. The van der Waals surface area contributed by atoms with E-state index in [0.29, 0.717) is 6.04 Å². The van der Waals surface area contributed by atoms with Gasteiger partial charge in [0.1, 0.15) is 5.82 Å². The van der Waals surface area contributed by atoms with E-state index in [4.69, 9.17) is 0 Å². The van der Waals surface area contributed by atoms with Crippen molar-refractivity contribution < 1.29 is 0 Å². The summed E-state index contributed by atoms with van der Waals surface area (Å²) in [6.45, 7) is 5.55. The normalized spacial score (nSPS) is 12.9. The molecular formula is C13H25N3. The Morgan fingerprint density at radius 2 is 2.25 bits per heavy atom. The topological polar surface area (TPSA) is 29.9 Å². The van der Waals surface area contributed by atoms with Gasteiger partial charge in [0.2, 0.25) is 0 Å². The Balaban J connectivity index is 2.08. The predicted molar refractivity (Wildman–Crippen MR) is 68.5 cm³/mol. The zero-order valence-electron chi connectivity index (χ0n) is 10.9. The second-order valence-corrected chi connectivity index (χ2v) is 4.56. The highest BCUT2D eigenvalue weighted by Crippen LogP contribution is 2.03. The van der Waals surface area contributed by atoms with E-state index in [0.717, 1.165) is 18.8 Å². The monoisotopic (exact) mass is 223 g/mol. The van der Waals surface area contributed by atoms with Crippen LogP contribution < -0.4 is 5.32 Å². The van der Waals surface area contributed by atoms with Crippen molar-refractivity contribution in [3.63, 3.8) is 0 Å². The molecule has 1 N–H and O–H groups in total. The lowest BCUT2D eigenvalue weighted by molar-refractivity contribution is 0.486. The van der Waals surface area contributed by atoms with Crippen LogP contribution in [0.5, 0.6) is 0 Å². The van der Waals surface area contributed by atoms with Gasteiger partial charge in [-0.1, -0.05) is 26.2 Å². The number of hydrogen-bond acceptors (Lipinski definition) is 2. The van der Waals surface area contributed by atoms with Crippen LogP contribution in [0.4, 0.5) is 0 Å². The van der Waals surface area contributed by atoms with Crippen LogP contribution in [-0.2, 0) is 13.5 Å². The SMILES string of the molecule is CCCCCC(C)NCCc1nccn1C. The summed E-state index contributed by atoms with van der Waals surface area (Å²) in [5.41, 5.74) is 0. The molecule has 1 unspecified atom stereocenters. The van der Waals surface area contributed by atoms with Gasteiger partial charge in [-0.2, -0.15) is 0 Å². The third-order valence-corrected chi connectivity index (χ3v) is 3.00. The molecule has 0 saturated carbocycles. The second kappa shape index (κ2) is 7.44.